The lowest BCUT2D eigenvalue weighted by molar-refractivity contribution is -0.127. The van der Waals surface area contributed by atoms with Crippen LogP contribution in [0.25, 0.3) is 0 Å². The molecule has 5 nitrogen and oxygen atoms in total. The Morgan fingerprint density at radius 3 is 2.45 bits per heavy atom. The molecular weight excluding hydrogens is 256 g/mol. The van der Waals surface area contributed by atoms with Crippen LogP contribution in [0, 0.1) is 0 Å². The van der Waals surface area contributed by atoms with Crippen LogP contribution in [-0.4, -0.2) is 35.1 Å². The van der Waals surface area contributed by atoms with Crippen LogP contribution in [0.15, 0.2) is 24.3 Å². The van der Waals surface area contributed by atoms with E-state index in [1.807, 2.05) is 24.3 Å². The smallest absolute Gasteiger partial charge is 0.325 e. The summed E-state index contributed by atoms with van der Waals surface area (Å²) in [5.41, 5.74) is 1.99. The average molecular weight is 276 g/mol. The summed E-state index contributed by atoms with van der Waals surface area (Å²) in [6, 6.07) is 6.73. The first-order valence-corrected chi connectivity index (χ1v) is 6.87. The number of amides is 3. The standard InChI is InChI=1S/C15H20N2O3/c1-10(2)11-4-6-12(7-5-11)13-14(19)17(8-3-9-18)15(20)16-13/h4-7,10,13,18H,3,8-9H2,1-2H3,(H,16,20). The molecule has 1 unspecified atom stereocenters. The van der Waals surface area contributed by atoms with Gasteiger partial charge in [0, 0.05) is 13.2 Å². The lowest BCUT2D eigenvalue weighted by atomic mass is 9.99. The molecule has 0 spiro atoms. The molecule has 1 aromatic rings. The normalized spacial score (nSPS) is 18.8. The van der Waals surface area contributed by atoms with Gasteiger partial charge in [0.1, 0.15) is 6.04 Å². The molecule has 2 rings (SSSR count). The van der Waals surface area contributed by atoms with Crippen LogP contribution in [0.4, 0.5) is 4.79 Å². The number of urea groups is 1. The van der Waals surface area contributed by atoms with Crippen molar-refractivity contribution in [2.45, 2.75) is 32.2 Å². The molecule has 0 bridgehead atoms. The first-order chi connectivity index (χ1) is 9.54. The average Bonchev–Trinajstić information content (AvgIpc) is 2.72. The Hall–Kier alpha value is -1.88. The molecule has 108 valence electrons. The van der Waals surface area contributed by atoms with Gasteiger partial charge in [-0.1, -0.05) is 38.1 Å². The largest absolute Gasteiger partial charge is 0.396 e. The zero-order valence-electron chi connectivity index (χ0n) is 11.8. The Labute approximate surface area is 118 Å². The van der Waals surface area contributed by atoms with E-state index in [0.717, 1.165) is 10.5 Å². The molecule has 1 saturated heterocycles. The van der Waals surface area contributed by atoms with Crippen molar-refractivity contribution in [2.24, 2.45) is 0 Å². The number of nitrogens with one attached hydrogen (secondary N) is 1. The third-order valence-corrected chi connectivity index (χ3v) is 3.50. The van der Waals surface area contributed by atoms with E-state index in [-0.39, 0.29) is 25.1 Å². The highest BCUT2D eigenvalue weighted by Gasteiger charge is 2.38. The summed E-state index contributed by atoms with van der Waals surface area (Å²) in [6.45, 7) is 4.43. The molecule has 2 N–H and O–H groups in total. The van der Waals surface area contributed by atoms with E-state index in [0.29, 0.717) is 12.3 Å². The lowest BCUT2D eigenvalue weighted by Gasteiger charge is -2.12. The van der Waals surface area contributed by atoms with Crippen molar-refractivity contribution in [3.8, 4) is 0 Å². The molecule has 1 fully saturated rings. The van der Waals surface area contributed by atoms with Crippen molar-refractivity contribution in [2.75, 3.05) is 13.2 Å². The second-order valence-electron chi connectivity index (χ2n) is 5.27. The number of carbonyl (C=O) groups excluding carboxylic acids is 2. The highest BCUT2D eigenvalue weighted by Crippen LogP contribution is 2.24. The van der Waals surface area contributed by atoms with E-state index < -0.39 is 6.04 Å². The predicted molar refractivity (Wildman–Crippen MR) is 75.2 cm³/mol. The molecule has 0 aromatic heterocycles. The number of aliphatic hydroxyl groups is 1. The van der Waals surface area contributed by atoms with Gasteiger partial charge in [-0.15, -0.1) is 0 Å². The molecule has 1 aliphatic rings. The quantitative estimate of drug-likeness (QED) is 0.805. The fourth-order valence-corrected chi connectivity index (χ4v) is 2.26. The Morgan fingerprint density at radius 2 is 1.90 bits per heavy atom. The van der Waals surface area contributed by atoms with Gasteiger partial charge in [0.05, 0.1) is 0 Å². The van der Waals surface area contributed by atoms with Gasteiger partial charge in [0.2, 0.25) is 0 Å². The van der Waals surface area contributed by atoms with E-state index in [1.165, 1.54) is 5.56 Å². The number of carbonyl (C=O) groups is 2. The first-order valence-electron chi connectivity index (χ1n) is 6.87. The molecular formula is C15H20N2O3. The van der Waals surface area contributed by atoms with Gasteiger partial charge in [-0.2, -0.15) is 0 Å². The highest BCUT2D eigenvalue weighted by atomic mass is 16.3. The van der Waals surface area contributed by atoms with Crippen LogP contribution in [0.2, 0.25) is 0 Å². The van der Waals surface area contributed by atoms with Gasteiger partial charge in [-0.05, 0) is 23.5 Å². The van der Waals surface area contributed by atoms with Crippen molar-refractivity contribution < 1.29 is 14.7 Å². The van der Waals surface area contributed by atoms with Gasteiger partial charge in [-0.3, -0.25) is 9.69 Å². The van der Waals surface area contributed by atoms with Crippen LogP contribution in [0.1, 0.15) is 43.4 Å². The molecule has 20 heavy (non-hydrogen) atoms. The maximum Gasteiger partial charge on any atom is 0.325 e. The fourth-order valence-electron chi connectivity index (χ4n) is 2.26. The third kappa shape index (κ3) is 2.82. The summed E-state index contributed by atoms with van der Waals surface area (Å²) in [7, 11) is 0. The van der Waals surface area contributed by atoms with Gasteiger partial charge in [0.25, 0.3) is 5.91 Å². The minimum absolute atomic E-state index is 0.0369. The predicted octanol–water partition coefficient (Wildman–Crippen LogP) is 1.79. The Kier molecular flexibility index (Phi) is 4.39. The molecule has 1 heterocycles. The fraction of sp³-hybridized carbons (Fsp3) is 0.467. The number of benzene rings is 1. The van der Waals surface area contributed by atoms with Crippen LogP contribution < -0.4 is 5.32 Å². The minimum Gasteiger partial charge on any atom is -0.396 e. The van der Waals surface area contributed by atoms with Crippen molar-refractivity contribution in [3.63, 3.8) is 0 Å². The van der Waals surface area contributed by atoms with Crippen molar-refractivity contribution in [1.82, 2.24) is 10.2 Å². The van der Waals surface area contributed by atoms with Crippen LogP contribution in [-0.2, 0) is 4.79 Å². The summed E-state index contributed by atoms with van der Waals surface area (Å²) in [5, 5.41) is 11.5. The summed E-state index contributed by atoms with van der Waals surface area (Å²) in [6.07, 6.45) is 0.401. The second-order valence-corrected chi connectivity index (χ2v) is 5.27. The summed E-state index contributed by atoms with van der Waals surface area (Å²) in [5.74, 6) is 0.180. The number of hydrogen-bond donors (Lipinski definition) is 2. The van der Waals surface area contributed by atoms with E-state index >= 15 is 0 Å². The Morgan fingerprint density at radius 1 is 1.25 bits per heavy atom. The molecule has 3 amide bonds. The van der Waals surface area contributed by atoms with Gasteiger partial charge in [0.15, 0.2) is 0 Å². The number of rotatable bonds is 5. The zero-order valence-corrected chi connectivity index (χ0v) is 11.8. The molecule has 1 aliphatic heterocycles. The van der Waals surface area contributed by atoms with Gasteiger partial charge < -0.3 is 10.4 Å². The summed E-state index contributed by atoms with van der Waals surface area (Å²) < 4.78 is 0. The van der Waals surface area contributed by atoms with Crippen molar-refractivity contribution in [1.29, 1.82) is 0 Å². The Balaban J connectivity index is 2.13. The highest BCUT2D eigenvalue weighted by molar-refractivity contribution is 6.04. The maximum atomic E-state index is 12.2. The number of nitrogens with zero attached hydrogens (tertiary/aromatic N) is 1. The Bertz CT molecular complexity index is 496. The summed E-state index contributed by atoms with van der Waals surface area (Å²) in [4.78, 5) is 25.1. The number of hydrogen-bond acceptors (Lipinski definition) is 3. The lowest BCUT2D eigenvalue weighted by Crippen LogP contribution is -2.32. The second kappa shape index (κ2) is 6.05. The first kappa shape index (κ1) is 14.5. The number of imide groups is 1. The molecule has 0 radical (unpaired) electrons. The van der Waals surface area contributed by atoms with Gasteiger partial charge in [-0.25, -0.2) is 4.79 Å². The van der Waals surface area contributed by atoms with E-state index in [1.54, 1.807) is 0 Å². The minimum atomic E-state index is -0.609. The van der Waals surface area contributed by atoms with E-state index in [4.69, 9.17) is 5.11 Å². The van der Waals surface area contributed by atoms with Crippen molar-refractivity contribution >= 4 is 11.9 Å². The van der Waals surface area contributed by atoms with Crippen LogP contribution >= 0.6 is 0 Å². The van der Waals surface area contributed by atoms with Crippen LogP contribution in [0.5, 0.6) is 0 Å². The van der Waals surface area contributed by atoms with E-state index in [9.17, 15) is 9.59 Å². The molecule has 0 saturated carbocycles. The topological polar surface area (TPSA) is 69.6 Å². The van der Waals surface area contributed by atoms with Crippen molar-refractivity contribution in [3.05, 3.63) is 35.4 Å². The van der Waals surface area contributed by atoms with Gasteiger partial charge >= 0.3 is 6.03 Å². The molecule has 5 heteroatoms. The molecule has 1 atom stereocenters. The molecule has 1 aromatic carbocycles. The monoisotopic (exact) mass is 276 g/mol. The SMILES string of the molecule is CC(C)c1ccc(C2NC(=O)N(CCCO)C2=O)cc1. The zero-order chi connectivity index (χ0) is 14.7. The van der Waals surface area contributed by atoms with E-state index in [2.05, 4.69) is 19.2 Å². The maximum absolute atomic E-state index is 12.2. The van der Waals surface area contributed by atoms with Crippen LogP contribution in [0.3, 0.4) is 0 Å². The number of aliphatic hydroxyl groups excluding tert-OH is 1. The summed E-state index contributed by atoms with van der Waals surface area (Å²) >= 11 is 0. The molecule has 0 aliphatic carbocycles. The third-order valence-electron chi connectivity index (χ3n) is 3.50.